The monoisotopic (exact) mass is 182 g/mol. The van der Waals surface area contributed by atoms with E-state index in [0.29, 0.717) is 10.8 Å². The average molecular weight is 182 g/mol. The van der Waals surface area contributed by atoms with Gasteiger partial charge in [0.05, 0.1) is 0 Å². The Balaban J connectivity index is 2.77. The van der Waals surface area contributed by atoms with Crippen molar-refractivity contribution in [2.24, 2.45) is 28.6 Å². The smallest absolute Gasteiger partial charge is 0.0297 e. The van der Waals surface area contributed by atoms with Crippen LogP contribution in [0.2, 0.25) is 0 Å². The van der Waals surface area contributed by atoms with Gasteiger partial charge in [0.15, 0.2) is 0 Å². The molecule has 0 aromatic heterocycles. The molecule has 1 fully saturated rings. The maximum atomic E-state index is 2.43. The molecule has 0 heteroatoms. The molecule has 0 aliphatic heterocycles. The lowest BCUT2D eigenvalue weighted by molar-refractivity contribution is -0.135. The van der Waals surface area contributed by atoms with Crippen molar-refractivity contribution in [3.8, 4) is 0 Å². The van der Waals surface area contributed by atoms with Crippen molar-refractivity contribution in [1.82, 2.24) is 0 Å². The summed E-state index contributed by atoms with van der Waals surface area (Å²) < 4.78 is 0. The van der Waals surface area contributed by atoms with Crippen LogP contribution in [-0.4, -0.2) is 0 Å². The summed E-state index contributed by atoms with van der Waals surface area (Å²) in [4.78, 5) is 0. The molecule has 0 spiro atoms. The van der Waals surface area contributed by atoms with Crippen LogP contribution in [0.5, 0.6) is 0 Å². The molecule has 0 amide bonds. The molecule has 0 aromatic rings. The van der Waals surface area contributed by atoms with Gasteiger partial charge in [-0.2, -0.15) is 0 Å². The molecule has 13 heavy (non-hydrogen) atoms. The van der Waals surface area contributed by atoms with Gasteiger partial charge in [-0.25, -0.2) is 0 Å². The minimum absolute atomic E-state index is 0.536. The zero-order valence-electron chi connectivity index (χ0n) is 10.4. The van der Waals surface area contributed by atoms with Crippen molar-refractivity contribution in [1.29, 1.82) is 0 Å². The Bertz CT molecular complexity index is 176. The summed E-state index contributed by atoms with van der Waals surface area (Å²) in [5.41, 5.74) is 1.10. The van der Waals surface area contributed by atoms with E-state index in [-0.39, 0.29) is 0 Å². The molecule has 2 unspecified atom stereocenters. The summed E-state index contributed by atoms with van der Waals surface area (Å²) in [5.74, 6) is 2.70. The fourth-order valence-electron chi connectivity index (χ4n) is 3.24. The first-order valence-electron chi connectivity index (χ1n) is 5.75. The predicted molar refractivity (Wildman–Crippen MR) is 59.7 cm³/mol. The minimum Gasteiger partial charge on any atom is -0.0649 e. The highest BCUT2D eigenvalue weighted by atomic mass is 14.6. The summed E-state index contributed by atoms with van der Waals surface area (Å²) in [6.07, 6.45) is 1.31. The standard InChI is InChI=1S/C13H26/c1-8-12(4,5)11-9(2)13(6,7)10(11)3/h9-11H,8H2,1-7H3. The third kappa shape index (κ3) is 1.43. The summed E-state index contributed by atoms with van der Waals surface area (Å²) in [5, 5.41) is 0. The van der Waals surface area contributed by atoms with Gasteiger partial charge >= 0.3 is 0 Å². The normalized spacial score (nSPS) is 38.5. The van der Waals surface area contributed by atoms with Gasteiger partial charge in [0.25, 0.3) is 0 Å². The van der Waals surface area contributed by atoms with Crippen LogP contribution in [0, 0.1) is 28.6 Å². The van der Waals surface area contributed by atoms with Crippen LogP contribution in [0.4, 0.5) is 0 Å². The van der Waals surface area contributed by atoms with Crippen LogP contribution in [0.3, 0.4) is 0 Å². The molecule has 0 nitrogen and oxygen atoms in total. The second-order valence-corrected chi connectivity index (χ2v) is 6.27. The molecule has 0 radical (unpaired) electrons. The van der Waals surface area contributed by atoms with Crippen molar-refractivity contribution in [2.75, 3.05) is 0 Å². The molecule has 1 rings (SSSR count). The van der Waals surface area contributed by atoms with E-state index >= 15 is 0 Å². The van der Waals surface area contributed by atoms with Crippen LogP contribution in [0.1, 0.15) is 54.9 Å². The zero-order chi connectivity index (χ0) is 10.4. The second kappa shape index (κ2) is 3.00. The number of hydrogen-bond acceptors (Lipinski definition) is 0. The van der Waals surface area contributed by atoms with Gasteiger partial charge in [-0.1, -0.05) is 54.9 Å². The highest BCUT2D eigenvalue weighted by Gasteiger charge is 2.55. The highest BCUT2D eigenvalue weighted by Crippen LogP contribution is 2.61. The number of hydrogen-bond donors (Lipinski definition) is 0. The second-order valence-electron chi connectivity index (χ2n) is 6.27. The topological polar surface area (TPSA) is 0 Å². The Labute approximate surface area is 84.1 Å². The third-order valence-electron chi connectivity index (χ3n) is 5.24. The van der Waals surface area contributed by atoms with E-state index in [4.69, 9.17) is 0 Å². The molecule has 2 atom stereocenters. The van der Waals surface area contributed by atoms with Gasteiger partial charge in [0.2, 0.25) is 0 Å². The summed E-state index contributed by atoms with van der Waals surface area (Å²) >= 11 is 0. The largest absolute Gasteiger partial charge is 0.0649 e. The molecule has 1 saturated carbocycles. The fourth-order valence-corrected chi connectivity index (χ4v) is 3.24. The van der Waals surface area contributed by atoms with Crippen molar-refractivity contribution in [3.63, 3.8) is 0 Å². The molecule has 0 N–H and O–H groups in total. The molecule has 0 bridgehead atoms. The Morgan fingerprint density at radius 1 is 1.08 bits per heavy atom. The molecular formula is C13H26. The van der Waals surface area contributed by atoms with Crippen LogP contribution in [0.15, 0.2) is 0 Å². The molecule has 1 aliphatic rings. The average Bonchev–Trinajstić information content (AvgIpc) is 2.04. The third-order valence-corrected chi connectivity index (χ3v) is 5.24. The van der Waals surface area contributed by atoms with E-state index in [1.807, 2.05) is 0 Å². The lowest BCUT2D eigenvalue weighted by Crippen LogP contribution is -2.56. The van der Waals surface area contributed by atoms with E-state index in [1.165, 1.54) is 6.42 Å². The van der Waals surface area contributed by atoms with Gasteiger partial charge in [-0.05, 0) is 28.6 Å². The molecule has 0 saturated heterocycles. The summed E-state index contributed by atoms with van der Waals surface area (Å²) in [6, 6.07) is 0. The molecule has 0 aromatic carbocycles. The van der Waals surface area contributed by atoms with E-state index in [2.05, 4.69) is 48.5 Å². The van der Waals surface area contributed by atoms with Crippen molar-refractivity contribution >= 4 is 0 Å². The fraction of sp³-hybridized carbons (Fsp3) is 1.00. The Kier molecular flexibility index (Phi) is 2.56. The van der Waals surface area contributed by atoms with E-state index in [1.54, 1.807) is 0 Å². The molecule has 0 heterocycles. The van der Waals surface area contributed by atoms with Crippen molar-refractivity contribution < 1.29 is 0 Å². The SMILES string of the molecule is CCC(C)(C)C1C(C)C(C)(C)C1C. The zero-order valence-corrected chi connectivity index (χ0v) is 10.4. The van der Waals surface area contributed by atoms with E-state index in [0.717, 1.165) is 17.8 Å². The maximum Gasteiger partial charge on any atom is -0.0297 e. The predicted octanol–water partition coefficient (Wildman–Crippen LogP) is 4.35. The van der Waals surface area contributed by atoms with Gasteiger partial charge in [-0.3, -0.25) is 0 Å². The Morgan fingerprint density at radius 2 is 1.46 bits per heavy atom. The lowest BCUT2D eigenvalue weighted by Gasteiger charge is -2.62. The van der Waals surface area contributed by atoms with Crippen molar-refractivity contribution in [2.45, 2.75) is 54.9 Å². The first kappa shape index (κ1) is 11.1. The Morgan fingerprint density at radius 3 is 1.77 bits per heavy atom. The van der Waals surface area contributed by atoms with E-state index < -0.39 is 0 Å². The van der Waals surface area contributed by atoms with Crippen molar-refractivity contribution in [3.05, 3.63) is 0 Å². The van der Waals surface area contributed by atoms with Gasteiger partial charge in [0, 0.05) is 0 Å². The summed E-state index contributed by atoms with van der Waals surface area (Å²) in [7, 11) is 0. The minimum atomic E-state index is 0.536. The van der Waals surface area contributed by atoms with Crippen LogP contribution in [-0.2, 0) is 0 Å². The molecular weight excluding hydrogens is 156 g/mol. The summed E-state index contributed by atoms with van der Waals surface area (Å²) in [6.45, 7) is 16.9. The molecule has 78 valence electrons. The first-order chi connectivity index (χ1) is 5.75. The molecule has 1 aliphatic carbocycles. The van der Waals surface area contributed by atoms with Gasteiger partial charge in [0.1, 0.15) is 0 Å². The highest BCUT2D eigenvalue weighted by molar-refractivity contribution is 5.03. The van der Waals surface area contributed by atoms with Crippen LogP contribution in [0.25, 0.3) is 0 Å². The van der Waals surface area contributed by atoms with E-state index in [9.17, 15) is 0 Å². The van der Waals surface area contributed by atoms with Gasteiger partial charge < -0.3 is 0 Å². The first-order valence-corrected chi connectivity index (χ1v) is 5.75. The Hall–Kier alpha value is 0. The van der Waals surface area contributed by atoms with Crippen LogP contribution < -0.4 is 0 Å². The lowest BCUT2D eigenvalue weighted by atomic mass is 9.43. The quantitative estimate of drug-likeness (QED) is 0.595. The van der Waals surface area contributed by atoms with Gasteiger partial charge in [-0.15, -0.1) is 0 Å². The van der Waals surface area contributed by atoms with Crippen LogP contribution >= 0.6 is 0 Å². The maximum absolute atomic E-state index is 2.43. The number of rotatable bonds is 2.